The Kier molecular flexibility index (Phi) is 18.7. The van der Waals surface area contributed by atoms with Gasteiger partial charge in [0.1, 0.15) is 11.6 Å². The average Bonchev–Trinajstić information content (AvgIpc) is 3.26. The van der Waals surface area contributed by atoms with Crippen LogP contribution in [-0.4, -0.2) is 161 Å². The number of hydrogen-bond donors (Lipinski definition) is 1. The van der Waals surface area contributed by atoms with Crippen molar-refractivity contribution in [2.75, 3.05) is 116 Å². The van der Waals surface area contributed by atoms with Crippen LogP contribution in [0.15, 0.2) is 60.8 Å². The van der Waals surface area contributed by atoms with E-state index in [4.69, 9.17) is 23.7 Å². The molecule has 0 saturated carbocycles. The zero-order chi connectivity index (χ0) is 44.5. The molecule has 3 heterocycles. The summed E-state index contributed by atoms with van der Waals surface area (Å²) in [7, 11) is 3.47. The van der Waals surface area contributed by atoms with E-state index in [2.05, 4.69) is 26.2 Å². The van der Waals surface area contributed by atoms with Crippen LogP contribution in [-0.2, 0) is 33.3 Å². The number of nitrogens with zero attached hydrogens (tertiary/aromatic N) is 5. The Balaban J connectivity index is 1.06. The summed E-state index contributed by atoms with van der Waals surface area (Å²) in [5.74, 6) is -0.925. The molecule has 2 aromatic carbocycles. The van der Waals surface area contributed by atoms with Crippen LogP contribution < -0.4 is 10.2 Å². The van der Waals surface area contributed by atoms with Gasteiger partial charge >= 0.3 is 5.97 Å². The third kappa shape index (κ3) is 15.2. The van der Waals surface area contributed by atoms with E-state index >= 15 is 0 Å². The number of likely N-dealkylation sites (N-methyl/N-ethyl adjacent to an activating group) is 2. The molecule has 1 atom stereocenters. The molecule has 3 aromatic rings. The molecule has 2 aliphatic rings. The second-order valence-corrected chi connectivity index (χ2v) is 16.8. The molecule has 0 bridgehead atoms. The summed E-state index contributed by atoms with van der Waals surface area (Å²) in [6, 6.07) is 16.3. The van der Waals surface area contributed by atoms with Gasteiger partial charge in [-0.05, 0) is 101 Å². The van der Waals surface area contributed by atoms with Crippen LogP contribution in [0.4, 0.5) is 11.4 Å². The molecular formula is C47H66N6O9. The first kappa shape index (κ1) is 48.1. The Morgan fingerprint density at radius 2 is 1.53 bits per heavy atom. The van der Waals surface area contributed by atoms with Gasteiger partial charge in [0.15, 0.2) is 0 Å². The average molecular weight is 859 g/mol. The lowest BCUT2D eigenvalue weighted by atomic mass is 10.0. The zero-order valence-corrected chi connectivity index (χ0v) is 37.5. The highest BCUT2D eigenvalue weighted by molar-refractivity contribution is 6.08. The van der Waals surface area contributed by atoms with E-state index in [0.717, 1.165) is 48.4 Å². The molecule has 15 nitrogen and oxygen atoms in total. The standard InChI is InChI=1S/C47H66N6O9/c1-35-15-17-48-41(31-35)39-33-38(52-18-8-7-9-19-52)13-14-40(39)49-44(55)36-11-10-12-37(32-36)45(56)50(5)20-21-53-23-26-61-34-42(53)46(57)51(6)22-25-59-28-30-60-29-27-58-24-16-43(54)62-47(2,3)4/h10-15,17,31-33,42H,7-9,16,18-30,34H2,1-6H3,(H,49,55). The van der Waals surface area contributed by atoms with Crippen molar-refractivity contribution < 1.29 is 42.9 Å². The van der Waals surface area contributed by atoms with Crippen LogP contribution in [0.1, 0.15) is 72.7 Å². The number of rotatable bonds is 21. The molecule has 2 fully saturated rings. The number of benzene rings is 2. The monoisotopic (exact) mass is 858 g/mol. The number of carbonyl (C=O) groups is 4. The van der Waals surface area contributed by atoms with Crippen molar-refractivity contribution in [3.05, 3.63) is 77.5 Å². The Morgan fingerprint density at radius 1 is 0.823 bits per heavy atom. The Bertz CT molecular complexity index is 1930. The minimum absolute atomic E-state index is 0.0803. The first-order valence-electron chi connectivity index (χ1n) is 21.8. The molecular weight excluding hydrogens is 793 g/mol. The molecule has 1 aromatic heterocycles. The number of anilines is 2. The highest BCUT2D eigenvalue weighted by Gasteiger charge is 2.32. The number of aromatic nitrogens is 1. The van der Waals surface area contributed by atoms with Crippen LogP contribution >= 0.6 is 0 Å². The van der Waals surface area contributed by atoms with Crippen LogP contribution in [0, 0.1) is 6.92 Å². The fraction of sp³-hybridized carbons (Fsp3) is 0.553. The lowest BCUT2D eigenvalue weighted by molar-refractivity contribution is -0.156. The van der Waals surface area contributed by atoms with Gasteiger partial charge in [0.2, 0.25) is 5.91 Å². The molecule has 1 unspecified atom stereocenters. The number of nitrogens with one attached hydrogen (secondary N) is 1. The predicted octanol–water partition coefficient (Wildman–Crippen LogP) is 5.31. The number of aryl methyl sites for hydroxylation is 1. The van der Waals surface area contributed by atoms with Gasteiger partial charge in [-0.3, -0.25) is 29.1 Å². The number of morpholine rings is 1. The molecule has 338 valence electrons. The highest BCUT2D eigenvalue weighted by atomic mass is 16.6. The van der Waals surface area contributed by atoms with Crippen molar-refractivity contribution in [1.82, 2.24) is 19.7 Å². The maximum atomic E-state index is 13.7. The van der Waals surface area contributed by atoms with E-state index in [9.17, 15) is 19.2 Å². The lowest BCUT2D eigenvalue weighted by Crippen LogP contribution is -2.56. The fourth-order valence-electron chi connectivity index (χ4n) is 7.26. The van der Waals surface area contributed by atoms with Gasteiger partial charge in [0.25, 0.3) is 11.8 Å². The number of ether oxygens (including phenoxy) is 5. The van der Waals surface area contributed by atoms with Gasteiger partial charge < -0.3 is 43.7 Å². The quantitative estimate of drug-likeness (QED) is 0.109. The van der Waals surface area contributed by atoms with Crippen molar-refractivity contribution >= 4 is 35.1 Å². The minimum Gasteiger partial charge on any atom is -0.460 e. The van der Waals surface area contributed by atoms with E-state index in [1.54, 1.807) is 54.4 Å². The van der Waals surface area contributed by atoms with Crippen LogP contribution in [0.25, 0.3) is 11.3 Å². The summed E-state index contributed by atoms with van der Waals surface area (Å²) >= 11 is 0. The summed E-state index contributed by atoms with van der Waals surface area (Å²) in [5.41, 5.74) is 4.69. The molecule has 15 heteroatoms. The number of amides is 3. The van der Waals surface area contributed by atoms with E-state index in [0.29, 0.717) is 82.6 Å². The van der Waals surface area contributed by atoms with Gasteiger partial charge in [-0.2, -0.15) is 0 Å². The van der Waals surface area contributed by atoms with Crippen LogP contribution in [0.5, 0.6) is 0 Å². The Morgan fingerprint density at radius 3 is 2.26 bits per heavy atom. The molecule has 2 aliphatic heterocycles. The van der Waals surface area contributed by atoms with E-state index < -0.39 is 11.6 Å². The number of piperidine rings is 1. The van der Waals surface area contributed by atoms with Crippen molar-refractivity contribution in [2.24, 2.45) is 0 Å². The summed E-state index contributed by atoms with van der Waals surface area (Å²) in [6.07, 6.45) is 5.52. The number of pyridine rings is 1. The van der Waals surface area contributed by atoms with E-state index in [1.165, 1.54) is 6.42 Å². The molecule has 1 N–H and O–H groups in total. The summed E-state index contributed by atoms with van der Waals surface area (Å²) in [6.45, 7) is 14.1. The predicted molar refractivity (Wildman–Crippen MR) is 239 cm³/mol. The van der Waals surface area contributed by atoms with Crippen molar-refractivity contribution in [3.8, 4) is 11.3 Å². The van der Waals surface area contributed by atoms with Gasteiger partial charge in [-0.25, -0.2) is 0 Å². The number of hydrogen-bond acceptors (Lipinski definition) is 12. The topological polar surface area (TPSA) is 152 Å². The van der Waals surface area contributed by atoms with Crippen molar-refractivity contribution in [2.45, 2.75) is 65.0 Å². The van der Waals surface area contributed by atoms with Crippen molar-refractivity contribution in [3.63, 3.8) is 0 Å². The SMILES string of the molecule is Cc1ccnc(-c2cc(N3CCCCC3)ccc2NC(=O)c2cccc(C(=O)N(C)CCN3CCOCC3C(=O)N(C)CCOCCOCCOCCC(=O)OC(C)(C)C)c2)c1. The summed E-state index contributed by atoms with van der Waals surface area (Å²) in [5, 5.41) is 3.10. The van der Waals surface area contributed by atoms with Gasteiger partial charge in [0, 0.05) is 81.9 Å². The molecule has 62 heavy (non-hydrogen) atoms. The molecule has 0 spiro atoms. The molecule has 0 aliphatic carbocycles. The maximum absolute atomic E-state index is 13.7. The smallest absolute Gasteiger partial charge is 0.308 e. The number of esters is 1. The fourth-order valence-corrected chi connectivity index (χ4v) is 7.26. The molecule has 2 saturated heterocycles. The Hall–Kier alpha value is -4.93. The summed E-state index contributed by atoms with van der Waals surface area (Å²) < 4.78 is 27.6. The van der Waals surface area contributed by atoms with E-state index in [1.807, 2.05) is 52.0 Å². The van der Waals surface area contributed by atoms with E-state index in [-0.39, 0.29) is 43.3 Å². The van der Waals surface area contributed by atoms with Crippen molar-refractivity contribution in [1.29, 1.82) is 0 Å². The second kappa shape index (κ2) is 24.1. The third-order valence-electron chi connectivity index (χ3n) is 10.7. The lowest BCUT2D eigenvalue weighted by Gasteiger charge is -2.37. The normalized spacial score (nSPS) is 15.8. The number of carbonyl (C=O) groups excluding carboxylic acids is 4. The Labute approximate surface area is 367 Å². The minimum atomic E-state index is -0.512. The van der Waals surface area contributed by atoms with Gasteiger partial charge in [0.05, 0.1) is 70.7 Å². The molecule has 3 amide bonds. The van der Waals surface area contributed by atoms with Crippen LogP contribution in [0.3, 0.4) is 0 Å². The van der Waals surface area contributed by atoms with Gasteiger partial charge in [-0.1, -0.05) is 6.07 Å². The maximum Gasteiger partial charge on any atom is 0.308 e. The highest BCUT2D eigenvalue weighted by Crippen LogP contribution is 2.33. The van der Waals surface area contributed by atoms with Crippen LogP contribution in [0.2, 0.25) is 0 Å². The molecule has 0 radical (unpaired) electrons. The first-order valence-corrected chi connectivity index (χ1v) is 21.8. The van der Waals surface area contributed by atoms with Gasteiger partial charge in [-0.15, -0.1) is 0 Å². The second-order valence-electron chi connectivity index (χ2n) is 16.8. The first-order chi connectivity index (χ1) is 29.8. The zero-order valence-electron chi connectivity index (χ0n) is 37.5. The summed E-state index contributed by atoms with van der Waals surface area (Å²) in [4.78, 5) is 65.0. The molecule has 5 rings (SSSR count). The largest absolute Gasteiger partial charge is 0.460 e. The third-order valence-corrected chi connectivity index (χ3v) is 10.7.